The third kappa shape index (κ3) is 3.14. The van der Waals surface area contributed by atoms with E-state index in [9.17, 15) is 4.79 Å². The summed E-state index contributed by atoms with van der Waals surface area (Å²) in [5, 5.41) is 1.04. The van der Waals surface area contributed by atoms with Crippen LogP contribution in [-0.2, 0) is 0 Å². The third-order valence-corrected chi connectivity index (χ3v) is 3.30. The number of benzene rings is 1. The lowest BCUT2D eigenvalue weighted by atomic mass is 10.2. The van der Waals surface area contributed by atoms with E-state index in [0.717, 1.165) is 17.3 Å². The van der Waals surface area contributed by atoms with Gasteiger partial charge >= 0.3 is 0 Å². The van der Waals surface area contributed by atoms with Gasteiger partial charge in [-0.1, -0.05) is 24.3 Å². The summed E-state index contributed by atoms with van der Waals surface area (Å²) in [7, 11) is 0. The van der Waals surface area contributed by atoms with E-state index >= 15 is 0 Å². The topological polar surface area (TPSA) is 59.2 Å². The fourth-order valence-corrected chi connectivity index (χ4v) is 2.19. The van der Waals surface area contributed by atoms with Gasteiger partial charge in [0.2, 0.25) is 0 Å². The molecule has 0 spiro atoms. The first kappa shape index (κ1) is 14.5. The monoisotopic (exact) mass is 271 g/mol. The van der Waals surface area contributed by atoms with Crippen molar-refractivity contribution in [2.75, 3.05) is 13.1 Å². The number of hydrogen-bond acceptors (Lipinski definition) is 3. The maximum Gasteiger partial charge on any atom is 0.272 e. The number of fused-ring (bicyclic) bond motifs is 1. The van der Waals surface area contributed by atoms with Gasteiger partial charge < -0.3 is 10.6 Å². The standard InChI is InChI=1S/C16H21N3O/c1-12(2)19(11-5-10-17)16(20)15-9-8-13-6-3-4-7-14(13)18-15/h3-4,6-9,12H,5,10-11,17H2,1-2H3. The van der Waals surface area contributed by atoms with E-state index in [1.807, 2.05) is 49.1 Å². The van der Waals surface area contributed by atoms with Crippen molar-refractivity contribution in [2.24, 2.45) is 5.73 Å². The number of amides is 1. The first-order valence-corrected chi connectivity index (χ1v) is 7.00. The van der Waals surface area contributed by atoms with Crippen LogP contribution in [0.1, 0.15) is 30.8 Å². The van der Waals surface area contributed by atoms with Crippen LogP contribution in [-0.4, -0.2) is 34.9 Å². The molecule has 0 aliphatic carbocycles. The van der Waals surface area contributed by atoms with E-state index in [0.29, 0.717) is 18.8 Å². The van der Waals surface area contributed by atoms with Gasteiger partial charge in [0, 0.05) is 18.0 Å². The molecule has 0 aliphatic heterocycles. The number of rotatable bonds is 5. The summed E-state index contributed by atoms with van der Waals surface area (Å²) in [6.45, 7) is 5.27. The van der Waals surface area contributed by atoms with Gasteiger partial charge in [0.1, 0.15) is 5.69 Å². The average molecular weight is 271 g/mol. The zero-order valence-corrected chi connectivity index (χ0v) is 12.0. The molecule has 0 atom stereocenters. The van der Waals surface area contributed by atoms with Crippen LogP contribution in [0.3, 0.4) is 0 Å². The number of pyridine rings is 1. The highest BCUT2D eigenvalue weighted by atomic mass is 16.2. The van der Waals surface area contributed by atoms with E-state index in [1.54, 1.807) is 6.07 Å². The fraction of sp³-hybridized carbons (Fsp3) is 0.375. The highest BCUT2D eigenvalue weighted by molar-refractivity contribution is 5.95. The molecular weight excluding hydrogens is 250 g/mol. The zero-order chi connectivity index (χ0) is 14.5. The molecular formula is C16H21N3O. The van der Waals surface area contributed by atoms with Crippen molar-refractivity contribution in [1.29, 1.82) is 0 Å². The molecule has 4 nitrogen and oxygen atoms in total. The number of nitrogens with two attached hydrogens (primary N) is 1. The molecule has 0 unspecified atom stereocenters. The Morgan fingerprint density at radius 3 is 2.70 bits per heavy atom. The van der Waals surface area contributed by atoms with Crippen LogP contribution in [0.2, 0.25) is 0 Å². The molecule has 1 amide bonds. The van der Waals surface area contributed by atoms with Gasteiger partial charge in [-0.25, -0.2) is 4.98 Å². The second kappa shape index (κ2) is 6.48. The molecule has 1 aromatic carbocycles. The van der Waals surface area contributed by atoms with Crippen LogP contribution >= 0.6 is 0 Å². The second-order valence-corrected chi connectivity index (χ2v) is 5.12. The molecule has 1 aromatic heterocycles. The van der Waals surface area contributed by atoms with Gasteiger partial charge in [-0.3, -0.25) is 4.79 Å². The van der Waals surface area contributed by atoms with Crippen LogP contribution < -0.4 is 5.73 Å². The van der Waals surface area contributed by atoms with Crippen molar-refractivity contribution in [3.63, 3.8) is 0 Å². The molecule has 20 heavy (non-hydrogen) atoms. The van der Waals surface area contributed by atoms with E-state index in [-0.39, 0.29) is 11.9 Å². The molecule has 1 heterocycles. The first-order chi connectivity index (χ1) is 9.63. The molecule has 0 radical (unpaired) electrons. The lowest BCUT2D eigenvalue weighted by Gasteiger charge is -2.26. The molecule has 0 aliphatic rings. The number of hydrogen-bond donors (Lipinski definition) is 1. The first-order valence-electron chi connectivity index (χ1n) is 7.00. The lowest BCUT2D eigenvalue weighted by molar-refractivity contribution is 0.0699. The van der Waals surface area contributed by atoms with Gasteiger partial charge in [-0.05, 0) is 38.9 Å². The van der Waals surface area contributed by atoms with Gasteiger partial charge in [0.05, 0.1) is 5.52 Å². The minimum atomic E-state index is -0.0285. The highest BCUT2D eigenvalue weighted by Gasteiger charge is 2.19. The normalized spacial score (nSPS) is 11.0. The quantitative estimate of drug-likeness (QED) is 0.908. The SMILES string of the molecule is CC(C)N(CCCN)C(=O)c1ccc2ccccc2n1. The molecule has 0 saturated carbocycles. The summed E-state index contributed by atoms with van der Waals surface area (Å²) in [5.41, 5.74) is 6.88. The fourth-order valence-electron chi connectivity index (χ4n) is 2.19. The van der Waals surface area contributed by atoms with Gasteiger partial charge in [-0.2, -0.15) is 0 Å². The number of para-hydroxylation sites is 1. The van der Waals surface area contributed by atoms with Crippen LogP contribution in [0.5, 0.6) is 0 Å². The van der Waals surface area contributed by atoms with Crippen molar-refractivity contribution >= 4 is 16.8 Å². The van der Waals surface area contributed by atoms with E-state index in [4.69, 9.17) is 5.73 Å². The minimum absolute atomic E-state index is 0.0285. The number of nitrogens with zero attached hydrogens (tertiary/aromatic N) is 2. The van der Waals surface area contributed by atoms with Crippen molar-refractivity contribution in [3.8, 4) is 0 Å². The predicted octanol–water partition coefficient (Wildman–Crippen LogP) is 2.43. The molecule has 2 aromatic rings. The maximum absolute atomic E-state index is 12.6. The van der Waals surface area contributed by atoms with E-state index in [2.05, 4.69) is 4.98 Å². The van der Waals surface area contributed by atoms with Crippen molar-refractivity contribution < 1.29 is 4.79 Å². The number of carbonyl (C=O) groups excluding carboxylic acids is 1. The molecule has 2 N–H and O–H groups in total. The molecule has 2 rings (SSSR count). The van der Waals surface area contributed by atoms with E-state index < -0.39 is 0 Å². The summed E-state index contributed by atoms with van der Waals surface area (Å²) in [6.07, 6.45) is 0.803. The van der Waals surface area contributed by atoms with Crippen LogP contribution in [0.15, 0.2) is 36.4 Å². The van der Waals surface area contributed by atoms with Gasteiger partial charge in [-0.15, -0.1) is 0 Å². The number of carbonyl (C=O) groups is 1. The Bertz CT molecular complexity index is 595. The summed E-state index contributed by atoms with van der Waals surface area (Å²) >= 11 is 0. The summed E-state index contributed by atoms with van der Waals surface area (Å²) in [4.78, 5) is 18.8. The zero-order valence-electron chi connectivity index (χ0n) is 12.0. The number of aromatic nitrogens is 1. The van der Waals surface area contributed by atoms with Crippen molar-refractivity contribution in [2.45, 2.75) is 26.3 Å². The summed E-state index contributed by atoms with van der Waals surface area (Å²) < 4.78 is 0. The Balaban J connectivity index is 2.28. The van der Waals surface area contributed by atoms with E-state index in [1.165, 1.54) is 0 Å². The smallest absolute Gasteiger partial charge is 0.272 e. The van der Waals surface area contributed by atoms with Crippen LogP contribution in [0.4, 0.5) is 0 Å². The molecule has 0 fully saturated rings. The predicted molar refractivity (Wildman–Crippen MR) is 81.6 cm³/mol. The second-order valence-electron chi connectivity index (χ2n) is 5.12. The Hall–Kier alpha value is -1.94. The minimum Gasteiger partial charge on any atom is -0.335 e. The van der Waals surface area contributed by atoms with Crippen LogP contribution in [0, 0.1) is 0 Å². The van der Waals surface area contributed by atoms with Crippen LogP contribution in [0.25, 0.3) is 10.9 Å². The third-order valence-electron chi connectivity index (χ3n) is 3.30. The Morgan fingerprint density at radius 1 is 1.25 bits per heavy atom. The largest absolute Gasteiger partial charge is 0.335 e. The van der Waals surface area contributed by atoms with Crippen molar-refractivity contribution in [3.05, 3.63) is 42.1 Å². The van der Waals surface area contributed by atoms with Gasteiger partial charge in [0.15, 0.2) is 0 Å². The van der Waals surface area contributed by atoms with Crippen molar-refractivity contribution in [1.82, 2.24) is 9.88 Å². The molecule has 4 heteroatoms. The Kier molecular flexibility index (Phi) is 4.69. The maximum atomic E-state index is 12.6. The molecule has 0 bridgehead atoms. The highest BCUT2D eigenvalue weighted by Crippen LogP contribution is 2.14. The Labute approximate surface area is 119 Å². The lowest BCUT2D eigenvalue weighted by Crippen LogP contribution is -2.38. The molecule has 106 valence electrons. The average Bonchev–Trinajstić information content (AvgIpc) is 2.46. The summed E-state index contributed by atoms with van der Waals surface area (Å²) in [5.74, 6) is -0.0285. The van der Waals surface area contributed by atoms with Gasteiger partial charge in [0.25, 0.3) is 5.91 Å². The molecule has 0 saturated heterocycles. The summed E-state index contributed by atoms with van der Waals surface area (Å²) in [6, 6.07) is 11.7. The Morgan fingerprint density at radius 2 is 2.00 bits per heavy atom.